The van der Waals surface area contributed by atoms with Crippen molar-refractivity contribution in [3.8, 4) is 11.1 Å². The van der Waals surface area contributed by atoms with Crippen LogP contribution in [0, 0.1) is 0 Å². The minimum Gasteiger partial charge on any atom is -0.268 e. The van der Waals surface area contributed by atoms with E-state index >= 15 is 0 Å². The molecule has 0 aliphatic carbocycles. The molecule has 0 radical (unpaired) electrons. The second-order valence-corrected chi connectivity index (χ2v) is 3.74. The van der Waals surface area contributed by atoms with E-state index in [1.54, 1.807) is 18.6 Å². The number of hydrogen-bond acceptors (Lipinski definition) is 3. The van der Waals surface area contributed by atoms with E-state index < -0.39 is 0 Å². The molecule has 0 atom stereocenters. The van der Waals surface area contributed by atoms with Crippen LogP contribution in [0.4, 0.5) is 0 Å². The molecule has 82 valence electrons. The molecule has 2 heterocycles. The molecule has 0 amide bonds. The van der Waals surface area contributed by atoms with Crippen molar-refractivity contribution in [3.63, 3.8) is 0 Å². The summed E-state index contributed by atoms with van der Waals surface area (Å²) in [7, 11) is 0. The molecule has 1 N–H and O–H groups in total. The lowest BCUT2D eigenvalue weighted by atomic mass is 10.0. The van der Waals surface area contributed by atoms with Gasteiger partial charge in [0.05, 0.1) is 6.20 Å². The maximum absolute atomic E-state index is 11.3. The highest BCUT2D eigenvalue weighted by molar-refractivity contribution is 5.95. The molecule has 0 unspecified atom stereocenters. The normalized spacial score (nSPS) is 10.6. The Morgan fingerprint density at radius 2 is 1.94 bits per heavy atom. The molecule has 3 aromatic rings. The van der Waals surface area contributed by atoms with Crippen LogP contribution in [0.1, 0.15) is 0 Å². The summed E-state index contributed by atoms with van der Waals surface area (Å²) in [5.41, 5.74) is 1.48. The zero-order chi connectivity index (χ0) is 11.7. The Morgan fingerprint density at radius 3 is 2.82 bits per heavy atom. The van der Waals surface area contributed by atoms with E-state index in [4.69, 9.17) is 0 Å². The molecular weight excluding hydrogens is 214 g/mol. The molecule has 4 heteroatoms. The van der Waals surface area contributed by atoms with E-state index in [1.165, 1.54) is 6.07 Å². The molecule has 0 aliphatic rings. The number of hydrogen-bond donors (Lipinski definition) is 1. The van der Waals surface area contributed by atoms with Crippen LogP contribution in [0.5, 0.6) is 0 Å². The van der Waals surface area contributed by atoms with Crippen LogP contribution in [0.15, 0.2) is 53.7 Å². The Hall–Kier alpha value is -2.49. The number of nitrogens with one attached hydrogen (secondary N) is 1. The fourth-order valence-electron chi connectivity index (χ4n) is 1.87. The van der Waals surface area contributed by atoms with E-state index in [1.807, 2.05) is 24.3 Å². The van der Waals surface area contributed by atoms with Crippen LogP contribution < -0.4 is 5.56 Å². The third-order valence-electron chi connectivity index (χ3n) is 2.64. The van der Waals surface area contributed by atoms with Gasteiger partial charge in [0.1, 0.15) is 0 Å². The van der Waals surface area contributed by atoms with Crippen molar-refractivity contribution in [1.82, 2.24) is 15.2 Å². The van der Waals surface area contributed by atoms with Gasteiger partial charge in [-0.15, -0.1) is 0 Å². The van der Waals surface area contributed by atoms with Crippen molar-refractivity contribution >= 4 is 10.8 Å². The first-order valence-corrected chi connectivity index (χ1v) is 5.22. The molecular formula is C13H9N3O. The molecule has 0 fully saturated rings. The first kappa shape index (κ1) is 9.72. The summed E-state index contributed by atoms with van der Waals surface area (Å²) in [5.74, 6) is 0. The van der Waals surface area contributed by atoms with Crippen LogP contribution in [0.3, 0.4) is 0 Å². The minimum absolute atomic E-state index is 0.213. The molecule has 0 bridgehead atoms. The Morgan fingerprint density at radius 1 is 1.06 bits per heavy atom. The Bertz CT molecular complexity index is 728. The Kier molecular flexibility index (Phi) is 2.19. The summed E-state index contributed by atoms with van der Waals surface area (Å²) >= 11 is 0. The van der Waals surface area contributed by atoms with E-state index in [0.29, 0.717) is 0 Å². The topological polar surface area (TPSA) is 58.6 Å². The van der Waals surface area contributed by atoms with Gasteiger partial charge in [0.2, 0.25) is 0 Å². The SMILES string of the molecule is O=c1cc(-c2cncc3ccccc23)cn[nH]1. The van der Waals surface area contributed by atoms with Crippen molar-refractivity contribution in [3.05, 3.63) is 59.3 Å². The Balaban J connectivity index is 2.34. The van der Waals surface area contributed by atoms with Crippen LogP contribution in [0.2, 0.25) is 0 Å². The van der Waals surface area contributed by atoms with Crippen LogP contribution >= 0.6 is 0 Å². The standard InChI is InChI=1S/C13H9N3O/c17-13-5-10(7-15-16-13)12-8-14-6-9-3-1-2-4-11(9)12/h1-8H,(H,16,17). The van der Waals surface area contributed by atoms with Gasteiger partial charge in [-0.25, -0.2) is 5.10 Å². The lowest BCUT2D eigenvalue weighted by Gasteiger charge is -2.04. The van der Waals surface area contributed by atoms with Crippen LogP contribution in [-0.4, -0.2) is 15.2 Å². The fourth-order valence-corrected chi connectivity index (χ4v) is 1.87. The molecule has 17 heavy (non-hydrogen) atoms. The lowest BCUT2D eigenvalue weighted by Crippen LogP contribution is -2.05. The second kappa shape index (κ2) is 3.83. The maximum Gasteiger partial charge on any atom is 0.264 e. The highest BCUT2D eigenvalue weighted by atomic mass is 16.1. The van der Waals surface area contributed by atoms with Crippen molar-refractivity contribution in [2.24, 2.45) is 0 Å². The average molecular weight is 223 g/mol. The number of pyridine rings is 1. The summed E-state index contributed by atoms with van der Waals surface area (Å²) in [5, 5.41) is 8.28. The van der Waals surface area contributed by atoms with Crippen molar-refractivity contribution in [2.75, 3.05) is 0 Å². The highest BCUT2D eigenvalue weighted by Crippen LogP contribution is 2.25. The van der Waals surface area contributed by atoms with Gasteiger partial charge in [0.15, 0.2) is 0 Å². The van der Waals surface area contributed by atoms with Gasteiger partial charge in [0, 0.05) is 35.0 Å². The van der Waals surface area contributed by atoms with E-state index in [2.05, 4.69) is 15.2 Å². The smallest absolute Gasteiger partial charge is 0.264 e. The minimum atomic E-state index is -0.213. The number of fused-ring (bicyclic) bond motifs is 1. The molecule has 0 saturated heterocycles. The zero-order valence-corrected chi connectivity index (χ0v) is 8.92. The summed E-state index contributed by atoms with van der Waals surface area (Å²) in [6.45, 7) is 0. The summed E-state index contributed by atoms with van der Waals surface area (Å²) in [6, 6.07) is 9.45. The molecule has 4 nitrogen and oxygen atoms in total. The second-order valence-electron chi connectivity index (χ2n) is 3.74. The van der Waals surface area contributed by atoms with Gasteiger partial charge in [-0.2, -0.15) is 5.10 Å². The third-order valence-corrected chi connectivity index (χ3v) is 2.64. The first-order chi connectivity index (χ1) is 8.34. The summed E-state index contributed by atoms with van der Waals surface area (Å²) in [6.07, 6.45) is 5.18. The van der Waals surface area contributed by atoms with Gasteiger partial charge >= 0.3 is 0 Å². The third kappa shape index (κ3) is 1.69. The van der Waals surface area contributed by atoms with Gasteiger partial charge in [-0.3, -0.25) is 9.78 Å². The number of aromatic nitrogens is 3. The predicted octanol–water partition coefficient (Wildman–Crippen LogP) is 1.99. The van der Waals surface area contributed by atoms with Crippen molar-refractivity contribution < 1.29 is 0 Å². The van der Waals surface area contributed by atoms with E-state index in [0.717, 1.165) is 21.9 Å². The summed E-state index contributed by atoms with van der Waals surface area (Å²) in [4.78, 5) is 15.4. The zero-order valence-electron chi connectivity index (χ0n) is 8.92. The Labute approximate surface area is 97.0 Å². The molecule has 0 aliphatic heterocycles. The maximum atomic E-state index is 11.3. The van der Waals surface area contributed by atoms with Gasteiger partial charge in [0.25, 0.3) is 5.56 Å². The van der Waals surface area contributed by atoms with Crippen LogP contribution in [-0.2, 0) is 0 Å². The van der Waals surface area contributed by atoms with Crippen LogP contribution in [0.25, 0.3) is 21.9 Å². The number of nitrogens with zero attached hydrogens (tertiary/aromatic N) is 2. The molecule has 3 rings (SSSR count). The first-order valence-electron chi connectivity index (χ1n) is 5.22. The van der Waals surface area contributed by atoms with Crippen molar-refractivity contribution in [1.29, 1.82) is 0 Å². The molecule has 2 aromatic heterocycles. The van der Waals surface area contributed by atoms with Gasteiger partial charge < -0.3 is 0 Å². The predicted molar refractivity (Wildman–Crippen MR) is 65.6 cm³/mol. The monoisotopic (exact) mass is 223 g/mol. The van der Waals surface area contributed by atoms with E-state index in [9.17, 15) is 4.79 Å². The average Bonchev–Trinajstić information content (AvgIpc) is 2.38. The number of H-pyrrole nitrogens is 1. The molecule has 1 aromatic carbocycles. The van der Waals surface area contributed by atoms with E-state index in [-0.39, 0.29) is 5.56 Å². The van der Waals surface area contributed by atoms with Crippen molar-refractivity contribution in [2.45, 2.75) is 0 Å². The largest absolute Gasteiger partial charge is 0.268 e. The molecule has 0 saturated carbocycles. The highest BCUT2D eigenvalue weighted by Gasteiger charge is 2.04. The van der Waals surface area contributed by atoms with Gasteiger partial charge in [-0.05, 0) is 5.39 Å². The fraction of sp³-hybridized carbons (Fsp3) is 0. The lowest BCUT2D eigenvalue weighted by molar-refractivity contribution is 0.991. The van der Waals surface area contributed by atoms with Gasteiger partial charge in [-0.1, -0.05) is 24.3 Å². The number of aromatic amines is 1. The summed E-state index contributed by atoms with van der Waals surface area (Å²) < 4.78 is 0. The number of rotatable bonds is 1. The number of benzene rings is 1. The molecule has 0 spiro atoms. The quantitative estimate of drug-likeness (QED) is 0.686.